The van der Waals surface area contributed by atoms with Gasteiger partial charge in [-0.3, -0.25) is 9.59 Å². The molecular formula is C19H30N2O2. The Morgan fingerprint density at radius 1 is 1.17 bits per heavy atom. The summed E-state index contributed by atoms with van der Waals surface area (Å²) in [7, 11) is 0. The molecule has 1 N–H and O–H groups in total. The van der Waals surface area contributed by atoms with Gasteiger partial charge in [0.15, 0.2) is 0 Å². The first-order valence-corrected chi connectivity index (χ1v) is 8.55. The number of nitrogens with zero attached hydrogens (tertiary/aromatic N) is 1. The van der Waals surface area contributed by atoms with Gasteiger partial charge in [-0.25, -0.2) is 0 Å². The van der Waals surface area contributed by atoms with Gasteiger partial charge in [-0.05, 0) is 44.7 Å². The first kappa shape index (κ1) is 19.2. The third-order valence-corrected chi connectivity index (χ3v) is 3.88. The van der Waals surface area contributed by atoms with Crippen molar-refractivity contribution in [3.63, 3.8) is 0 Å². The van der Waals surface area contributed by atoms with E-state index in [2.05, 4.69) is 5.32 Å². The molecule has 2 amide bonds. The molecule has 0 bridgehead atoms. The van der Waals surface area contributed by atoms with Crippen LogP contribution in [0.1, 0.15) is 58.1 Å². The predicted molar refractivity (Wildman–Crippen MR) is 94.0 cm³/mol. The molecule has 4 heteroatoms. The van der Waals surface area contributed by atoms with Crippen molar-refractivity contribution < 1.29 is 9.59 Å². The van der Waals surface area contributed by atoms with E-state index >= 15 is 0 Å². The maximum Gasteiger partial charge on any atom is 0.243 e. The number of rotatable bonds is 8. The van der Waals surface area contributed by atoms with E-state index in [0.29, 0.717) is 19.4 Å². The number of benzene rings is 1. The van der Waals surface area contributed by atoms with Crippen molar-refractivity contribution in [1.29, 1.82) is 0 Å². The van der Waals surface area contributed by atoms with E-state index in [9.17, 15) is 9.59 Å². The highest BCUT2D eigenvalue weighted by Gasteiger charge is 2.28. The minimum atomic E-state index is -0.420. The van der Waals surface area contributed by atoms with Crippen molar-refractivity contribution in [2.45, 2.75) is 72.5 Å². The zero-order valence-corrected chi connectivity index (χ0v) is 15.1. The van der Waals surface area contributed by atoms with Crippen LogP contribution < -0.4 is 5.32 Å². The number of amides is 2. The Morgan fingerprint density at radius 2 is 1.83 bits per heavy atom. The molecule has 1 rings (SSSR count). The standard InChI is InChI=1S/C19H30N2O2/c1-6-10-18(22)21(13-16-12-9-8-11-15(16)5)17(7-2)19(23)20-14(3)4/h8-9,11-12,14,17H,6-7,10,13H2,1-5H3,(H,20,23). The molecule has 0 spiro atoms. The Bertz CT molecular complexity index is 526. The summed E-state index contributed by atoms with van der Waals surface area (Å²) in [5.41, 5.74) is 2.23. The maximum absolute atomic E-state index is 12.6. The topological polar surface area (TPSA) is 49.4 Å². The van der Waals surface area contributed by atoms with Crippen LogP contribution in [0.4, 0.5) is 0 Å². The van der Waals surface area contributed by atoms with Crippen LogP contribution in [0.5, 0.6) is 0 Å². The van der Waals surface area contributed by atoms with Crippen molar-refractivity contribution in [2.24, 2.45) is 0 Å². The molecule has 1 unspecified atom stereocenters. The lowest BCUT2D eigenvalue weighted by atomic mass is 10.1. The highest BCUT2D eigenvalue weighted by Crippen LogP contribution is 2.16. The second-order valence-corrected chi connectivity index (χ2v) is 6.29. The van der Waals surface area contributed by atoms with E-state index in [1.807, 2.05) is 58.9 Å². The second-order valence-electron chi connectivity index (χ2n) is 6.29. The Balaban J connectivity index is 3.05. The van der Waals surface area contributed by atoms with Gasteiger partial charge in [0, 0.05) is 19.0 Å². The highest BCUT2D eigenvalue weighted by atomic mass is 16.2. The molecular weight excluding hydrogens is 288 g/mol. The lowest BCUT2D eigenvalue weighted by Crippen LogP contribution is -2.50. The fraction of sp³-hybridized carbons (Fsp3) is 0.579. The van der Waals surface area contributed by atoms with Crippen LogP contribution >= 0.6 is 0 Å². The summed E-state index contributed by atoms with van der Waals surface area (Å²) in [5.74, 6) is -0.0259. The Labute approximate surface area is 140 Å². The zero-order valence-electron chi connectivity index (χ0n) is 15.1. The van der Waals surface area contributed by atoms with Gasteiger partial charge >= 0.3 is 0 Å². The van der Waals surface area contributed by atoms with Crippen molar-refractivity contribution >= 4 is 11.8 Å². The van der Waals surface area contributed by atoms with Gasteiger partial charge in [-0.2, -0.15) is 0 Å². The largest absolute Gasteiger partial charge is 0.352 e. The smallest absolute Gasteiger partial charge is 0.243 e. The van der Waals surface area contributed by atoms with Crippen LogP contribution in [0.25, 0.3) is 0 Å². The summed E-state index contributed by atoms with van der Waals surface area (Å²) in [6.45, 7) is 10.3. The fourth-order valence-corrected chi connectivity index (χ4v) is 2.63. The summed E-state index contributed by atoms with van der Waals surface area (Å²) >= 11 is 0. The van der Waals surface area contributed by atoms with E-state index in [1.165, 1.54) is 0 Å². The van der Waals surface area contributed by atoms with Crippen molar-refractivity contribution in [3.05, 3.63) is 35.4 Å². The van der Waals surface area contributed by atoms with Gasteiger partial charge in [-0.1, -0.05) is 38.1 Å². The lowest BCUT2D eigenvalue weighted by molar-refractivity contribution is -0.141. The van der Waals surface area contributed by atoms with Crippen molar-refractivity contribution in [1.82, 2.24) is 10.2 Å². The molecule has 1 atom stereocenters. The molecule has 0 aliphatic carbocycles. The second kappa shape index (κ2) is 9.33. The van der Waals surface area contributed by atoms with Gasteiger partial charge in [0.05, 0.1) is 0 Å². The number of carbonyl (C=O) groups is 2. The minimum Gasteiger partial charge on any atom is -0.352 e. The summed E-state index contributed by atoms with van der Waals surface area (Å²) in [5, 5.41) is 2.94. The van der Waals surface area contributed by atoms with Gasteiger partial charge in [0.25, 0.3) is 0 Å². The quantitative estimate of drug-likeness (QED) is 0.798. The van der Waals surface area contributed by atoms with E-state index in [0.717, 1.165) is 17.5 Å². The Kier molecular flexibility index (Phi) is 7.79. The summed E-state index contributed by atoms with van der Waals surface area (Å²) < 4.78 is 0. The average Bonchev–Trinajstić information content (AvgIpc) is 2.48. The normalized spacial score (nSPS) is 12.1. The number of hydrogen-bond acceptors (Lipinski definition) is 2. The first-order valence-electron chi connectivity index (χ1n) is 8.55. The van der Waals surface area contributed by atoms with Crippen LogP contribution in [0.3, 0.4) is 0 Å². The molecule has 0 aliphatic heterocycles. The molecule has 0 aromatic heterocycles. The Hall–Kier alpha value is -1.84. The summed E-state index contributed by atoms with van der Waals surface area (Å²) in [6, 6.07) is 7.66. The van der Waals surface area contributed by atoms with Crippen LogP contribution in [-0.4, -0.2) is 28.8 Å². The molecule has 0 fully saturated rings. The number of aryl methyl sites for hydroxylation is 1. The maximum atomic E-state index is 12.6. The first-order chi connectivity index (χ1) is 10.9. The van der Waals surface area contributed by atoms with Crippen LogP contribution in [0, 0.1) is 6.92 Å². The molecule has 4 nitrogen and oxygen atoms in total. The monoisotopic (exact) mass is 318 g/mol. The molecule has 1 aromatic rings. The van der Waals surface area contributed by atoms with Crippen LogP contribution in [-0.2, 0) is 16.1 Å². The lowest BCUT2D eigenvalue weighted by Gasteiger charge is -2.31. The predicted octanol–water partition coefficient (Wildman–Crippen LogP) is 3.43. The molecule has 0 aliphatic rings. The number of nitrogens with one attached hydrogen (secondary N) is 1. The van der Waals surface area contributed by atoms with Crippen molar-refractivity contribution in [3.8, 4) is 0 Å². The fourth-order valence-electron chi connectivity index (χ4n) is 2.63. The van der Waals surface area contributed by atoms with Crippen LogP contribution in [0.15, 0.2) is 24.3 Å². The van der Waals surface area contributed by atoms with Gasteiger partial charge < -0.3 is 10.2 Å². The minimum absolute atomic E-state index is 0.0431. The summed E-state index contributed by atoms with van der Waals surface area (Å²) in [4.78, 5) is 26.8. The average molecular weight is 318 g/mol. The van der Waals surface area contributed by atoms with Gasteiger partial charge in [0.1, 0.15) is 6.04 Å². The number of carbonyl (C=O) groups excluding carboxylic acids is 2. The molecule has 128 valence electrons. The zero-order chi connectivity index (χ0) is 17.4. The van der Waals surface area contributed by atoms with Gasteiger partial charge in [-0.15, -0.1) is 0 Å². The third-order valence-electron chi connectivity index (χ3n) is 3.88. The molecule has 23 heavy (non-hydrogen) atoms. The van der Waals surface area contributed by atoms with E-state index < -0.39 is 6.04 Å². The van der Waals surface area contributed by atoms with Crippen molar-refractivity contribution in [2.75, 3.05) is 0 Å². The van der Waals surface area contributed by atoms with E-state index in [4.69, 9.17) is 0 Å². The molecule has 0 heterocycles. The van der Waals surface area contributed by atoms with E-state index in [-0.39, 0.29) is 17.9 Å². The molecule has 0 saturated carbocycles. The molecule has 0 radical (unpaired) electrons. The Morgan fingerprint density at radius 3 is 2.35 bits per heavy atom. The highest BCUT2D eigenvalue weighted by molar-refractivity contribution is 5.87. The SMILES string of the molecule is CCCC(=O)N(Cc1ccccc1C)C(CC)C(=O)NC(C)C. The third kappa shape index (κ3) is 5.70. The summed E-state index contributed by atoms with van der Waals surface area (Å²) in [6.07, 6.45) is 1.86. The van der Waals surface area contributed by atoms with Crippen LogP contribution in [0.2, 0.25) is 0 Å². The molecule has 1 aromatic carbocycles. The van der Waals surface area contributed by atoms with E-state index in [1.54, 1.807) is 4.90 Å². The molecule has 0 saturated heterocycles. The van der Waals surface area contributed by atoms with Gasteiger partial charge in [0.2, 0.25) is 11.8 Å². The number of hydrogen-bond donors (Lipinski definition) is 1.